The molecule has 2 amide bonds. The van der Waals surface area contributed by atoms with Crippen molar-refractivity contribution in [2.24, 2.45) is 0 Å². The van der Waals surface area contributed by atoms with Crippen LogP contribution in [0.3, 0.4) is 0 Å². The minimum atomic E-state index is -0.279. The largest absolute Gasteiger partial charge is 0.356 e. The summed E-state index contributed by atoms with van der Waals surface area (Å²) in [6.07, 6.45) is 1.83. The van der Waals surface area contributed by atoms with Gasteiger partial charge in [-0.3, -0.25) is 9.59 Å². The van der Waals surface area contributed by atoms with Crippen LogP contribution in [0.4, 0.5) is 5.69 Å². The topological polar surface area (TPSA) is 58.2 Å². The number of benzene rings is 1. The summed E-state index contributed by atoms with van der Waals surface area (Å²) in [4.78, 5) is 23.1. The van der Waals surface area contributed by atoms with Crippen molar-refractivity contribution in [3.63, 3.8) is 0 Å². The highest BCUT2D eigenvalue weighted by Crippen LogP contribution is 2.13. The van der Waals surface area contributed by atoms with Crippen LogP contribution in [0.15, 0.2) is 24.3 Å². The predicted molar refractivity (Wildman–Crippen MR) is 72.3 cm³/mol. The van der Waals surface area contributed by atoms with Crippen LogP contribution in [0, 0.1) is 6.92 Å². The van der Waals surface area contributed by atoms with Crippen LogP contribution >= 0.6 is 0 Å². The number of anilines is 1. The van der Waals surface area contributed by atoms with Crippen molar-refractivity contribution in [2.45, 2.75) is 33.1 Å². The van der Waals surface area contributed by atoms with Crippen molar-refractivity contribution in [1.82, 2.24) is 5.32 Å². The van der Waals surface area contributed by atoms with Crippen LogP contribution in [-0.2, 0) is 9.59 Å². The Kier molecular flexibility index (Phi) is 5.91. The zero-order valence-electron chi connectivity index (χ0n) is 11.0. The van der Waals surface area contributed by atoms with Gasteiger partial charge in [0.2, 0.25) is 11.8 Å². The second-order valence-electron chi connectivity index (χ2n) is 4.24. The summed E-state index contributed by atoms with van der Waals surface area (Å²) < 4.78 is 0. The van der Waals surface area contributed by atoms with Gasteiger partial charge in [0.15, 0.2) is 0 Å². The first-order chi connectivity index (χ1) is 8.63. The molecule has 0 spiro atoms. The highest BCUT2D eigenvalue weighted by molar-refractivity contribution is 6.03. The third-order valence-electron chi connectivity index (χ3n) is 2.59. The van der Waals surface area contributed by atoms with Crippen molar-refractivity contribution >= 4 is 17.5 Å². The molecule has 0 aliphatic rings. The summed E-state index contributed by atoms with van der Waals surface area (Å²) in [5, 5.41) is 5.45. The van der Waals surface area contributed by atoms with E-state index in [0.29, 0.717) is 6.54 Å². The highest BCUT2D eigenvalue weighted by Gasteiger charge is 2.09. The normalized spacial score (nSPS) is 9.89. The maximum absolute atomic E-state index is 11.6. The molecule has 98 valence electrons. The molecule has 18 heavy (non-hydrogen) atoms. The highest BCUT2D eigenvalue weighted by atomic mass is 16.2. The van der Waals surface area contributed by atoms with Crippen molar-refractivity contribution in [3.05, 3.63) is 29.8 Å². The summed E-state index contributed by atoms with van der Waals surface area (Å²) in [6.45, 7) is 4.60. The number of carbonyl (C=O) groups excluding carboxylic acids is 2. The summed E-state index contributed by atoms with van der Waals surface area (Å²) in [7, 11) is 0. The first kappa shape index (κ1) is 14.2. The SMILES string of the molecule is CCCCNC(=O)CC(=O)Nc1ccccc1C. The zero-order chi connectivity index (χ0) is 13.4. The minimum Gasteiger partial charge on any atom is -0.356 e. The molecule has 2 N–H and O–H groups in total. The molecule has 0 aromatic heterocycles. The van der Waals surface area contributed by atoms with E-state index < -0.39 is 0 Å². The van der Waals surface area contributed by atoms with E-state index in [0.717, 1.165) is 24.1 Å². The van der Waals surface area contributed by atoms with Gasteiger partial charge in [-0.1, -0.05) is 31.5 Å². The molecule has 4 heteroatoms. The van der Waals surface area contributed by atoms with Gasteiger partial charge >= 0.3 is 0 Å². The molecule has 0 saturated carbocycles. The monoisotopic (exact) mass is 248 g/mol. The molecule has 4 nitrogen and oxygen atoms in total. The third-order valence-corrected chi connectivity index (χ3v) is 2.59. The Morgan fingerprint density at radius 2 is 1.89 bits per heavy atom. The van der Waals surface area contributed by atoms with Crippen molar-refractivity contribution in [2.75, 3.05) is 11.9 Å². The molecule has 0 bridgehead atoms. The van der Waals surface area contributed by atoms with Crippen molar-refractivity contribution < 1.29 is 9.59 Å². The van der Waals surface area contributed by atoms with Gasteiger partial charge in [0.25, 0.3) is 0 Å². The lowest BCUT2D eigenvalue weighted by molar-refractivity contribution is -0.126. The molecular formula is C14H20N2O2. The van der Waals surface area contributed by atoms with Crippen molar-refractivity contribution in [1.29, 1.82) is 0 Å². The summed E-state index contributed by atoms with van der Waals surface area (Å²) >= 11 is 0. The third kappa shape index (κ3) is 4.99. The number of rotatable bonds is 6. The molecule has 0 atom stereocenters. The molecule has 0 radical (unpaired) electrons. The number of carbonyl (C=O) groups is 2. The Labute approximate surface area is 108 Å². The second-order valence-corrected chi connectivity index (χ2v) is 4.24. The molecule has 0 aliphatic heterocycles. The number of hydrogen-bond donors (Lipinski definition) is 2. The average molecular weight is 248 g/mol. The molecule has 0 saturated heterocycles. The van der Waals surface area contributed by atoms with E-state index >= 15 is 0 Å². The van der Waals surface area contributed by atoms with Crippen LogP contribution in [0.2, 0.25) is 0 Å². The van der Waals surface area contributed by atoms with Crippen LogP contribution in [0.5, 0.6) is 0 Å². The van der Waals surface area contributed by atoms with E-state index in [2.05, 4.69) is 17.6 Å². The van der Waals surface area contributed by atoms with E-state index in [1.54, 1.807) is 0 Å². The molecular weight excluding hydrogens is 228 g/mol. The minimum absolute atomic E-state index is 0.127. The van der Waals surface area contributed by atoms with E-state index in [1.807, 2.05) is 31.2 Å². The van der Waals surface area contributed by atoms with E-state index in [-0.39, 0.29) is 18.2 Å². The number of nitrogens with one attached hydrogen (secondary N) is 2. The lowest BCUT2D eigenvalue weighted by atomic mass is 10.2. The zero-order valence-corrected chi connectivity index (χ0v) is 11.0. The fraction of sp³-hybridized carbons (Fsp3) is 0.429. The molecule has 1 aromatic rings. The Bertz CT molecular complexity index is 416. The Morgan fingerprint density at radius 3 is 2.56 bits per heavy atom. The van der Waals surface area contributed by atoms with Crippen LogP contribution in [0.25, 0.3) is 0 Å². The van der Waals surface area contributed by atoms with Gasteiger partial charge in [-0.15, -0.1) is 0 Å². The van der Waals surface area contributed by atoms with Crippen LogP contribution in [0.1, 0.15) is 31.7 Å². The Morgan fingerprint density at radius 1 is 1.17 bits per heavy atom. The van der Waals surface area contributed by atoms with Gasteiger partial charge in [0.05, 0.1) is 0 Å². The smallest absolute Gasteiger partial charge is 0.233 e. The molecule has 0 aliphatic carbocycles. The van der Waals surface area contributed by atoms with Gasteiger partial charge in [-0.25, -0.2) is 0 Å². The number of unbranched alkanes of at least 4 members (excludes halogenated alkanes) is 1. The maximum Gasteiger partial charge on any atom is 0.233 e. The number of hydrogen-bond acceptors (Lipinski definition) is 2. The lowest BCUT2D eigenvalue weighted by Crippen LogP contribution is -2.28. The van der Waals surface area contributed by atoms with Crippen molar-refractivity contribution in [3.8, 4) is 0 Å². The first-order valence-corrected chi connectivity index (χ1v) is 6.25. The summed E-state index contributed by atoms with van der Waals surface area (Å²) in [5.41, 5.74) is 1.74. The summed E-state index contributed by atoms with van der Waals surface area (Å²) in [5.74, 6) is -0.507. The molecule has 1 aromatic carbocycles. The quantitative estimate of drug-likeness (QED) is 0.599. The average Bonchev–Trinajstić information content (AvgIpc) is 2.32. The summed E-state index contributed by atoms with van der Waals surface area (Å²) in [6, 6.07) is 7.49. The molecule has 0 fully saturated rings. The van der Waals surface area contributed by atoms with Crippen LogP contribution < -0.4 is 10.6 Å². The Balaban J connectivity index is 2.38. The van der Waals surface area contributed by atoms with Gasteiger partial charge in [0.1, 0.15) is 6.42 Å². The second kappa shape index (κ2) is 7.48. The van der Waals surface area contributed by atoms with E-state index in [4.69, 9.17) is 0 Å². The van der Waals surface area contributed by atoms with Crippen LogP contribution in [-0.4, -0.2) is 18.4 Å². The number of amides is 2. The van der Waals surface area contributed by atoms with Gasteiger partial charge in [-0.2, -0.15) is 0 Å². The van der Waals surface area contributed by atoms with E-state index in [1.165, 1.54) is 0 Å². The fourth-order valence-electron chi connectivity index (χ4n) is 1.52. The molecule has 0 heterocycles. The maximum atomic E-state index is 11.6. The molecule has 0 unspecified atom stereocenters. The van der Waals surface area contributed by atoms with Gasteiger partial charge < -0.3 is 10.6 Å². The van der Waals surface area contributed by atoms with Gasteiger partial charge in [-0.05, 0) is 25.0 Å². The Hall–Kier alpha value is -1.84. The van der Waals surface area contributed by atoms with E-state index in [9.17, 15) is 9.59 Å². The number of para-hydroxylation sites is 1. The number of aryl methyl sites for hydroxylation is 1. The van der Waals surface area contributed by atoms with Gasteiger partial charge in [0, 0.05) is 12.2 Å². The predicted octanol–water partition coefficient (Wildman–Crippen LogP) is 2.24. The lowest BCUT2D eigenvalue weighted by Gasteiger charge is -2.08. The standard InChI is InChI=1S/C14H20N2O2/c1-3-4-9-15-13(17)10-14(18)16-12-8-6-5-7-11(12)2/h5-8H,3-4,9-10H2,1-2H3,(H,15,17)(H,16,18). The molecule has 1 rings (SSSR count). The fourth-order valence-corrected chi connectivity index (χ4v) is 1.52. The first-order valence-electron chi connectivity index (χ1n) is 6.25.